The van der Waals surface area contributed by atoms with Gasteiger partial charge in [-0.05, 0) is 31.0 Å². The van der Waals surface area contributed by atoms with Crippen molar-refractivity contribution in [3.63, 3.8) is 0 Å². The summed E-state index contributed by atoms with van der Waals surface area (Å²) < 4.78 is 10.5. The third kappa shape index (κ3) is 3.49. The van der Waals surface area contributed by atoms with Gasteiger partial charge in [0.2, 0.25) is 0 Å². The van der Waals surface area contributed by atoms with Crippen LogP contribution in [0, 0.1) is 0 Å². The van der Waals surface area contributed by atoms with Crippen LogP contribution in [0.2, 0.25) is 18.1 Å². The number of methoxy groups -OCH3 is 1. The molecule has 0 N–H and O–H groups in total. The predicted octanol–water partition coefficient (Wildman–Crippen LogP) is 2.77. The molecule has 19 heavy (non-hydrogen) atoms. The molecule has 110 valence electrons. The molecule has 0 saturated carbocycles. The van der Waals surface area contributed by atoms with E-state index in [4.69, 9.17) is 9.16 Å². The van der Waals surface area contributed by atoms with E-state index in [1.54, 1.807) is 0 Å². The van der Waals surface area contributed by atoms with Crippen LogP contribution in [0.15, 0.2) is 0 Å². The van der Waals surface area contributed by atoms with Crippen LogP contribution < -0.4 is 0 Å². The third-order valence-corrected chi connectivity index (χ3v) is 8.41. The molecule has 0 aromatic heterocycles. The number of likely N-dealkylation sites (tertiary alicyclic amines) is 1. The van der Waals surface area contributed by atoms with Crippen LogP contribution in [0.25, 0.3) is 0 Å². The normalized spacial score (nSPS) is 20.3. The maximum absolute atomic E-state index is 12.3. The minimum atomic E-state index is -2.15. The minimum Gasteiger partial charge on any atom is -0.503 e. The molecule has 1 atom stereocenters. The zero-order valence-corrected chi connectivity index (χ0v) is 13.8. The van der Waals surface area contributed by atoms with Crippen molar-refractivity contribution in [2.24, 2.45) is 0 Å². The first-order chi connectivity index (χ1) is 8.60. The van der Waals surface area contributed by atoms with E-state index < -0.39 is 14.4 Å². The van der Waals surface area contributed by atoms with Crippen LogP contribution in [0.3, 0.4) is 0 Å². The highest BCUT2D eigenvalue weighted by Crippen LogP contribution is 2.37. The fourth-order valence-corrected chi connectivity index (χ4v) is 2.66. The summed E-state index contributed by atoms with van der Waals surface area (Å²) in [4.78, 5) is 25.4. The highest BCUT2D eigenvalue weighted by molar-refractivity contribution is 6.75. The number of nitrogens with zero attached hydrogens (tertiary/aromatic N) is 1. The van der Waals surface area contributed by atoms with Crippen molar-refractivity contribution in [2.75, 3.05) is 13.7 Å². The highest BCUT2D eigenvalue weighted by atomic mass is 28.4. The summed E-state index contributed by atoms with van der Waals surface area (Å²) in [5, 5.41) is -0.0385. The van der Waals surface area contributed by atoms with Crippen molar-refractivity contribution in [2.45, 2.75) is 57.8 Å². The second-order valence-electron chi connectivity index (χ2n) is 6.50. The van der Waals surface area contributed by atoms with Crippen LogP contribution in [0.1, 0.15) is 33.6 Å². The van der Waals surface area contributed by atoms with Gasteiger partial charge in [0.25, 0.3) is 8.32 Å². The molecule has 0 aromatic rings. The molecular formula is C13H25NO4Si. The molecule has 1 heterocycles. The average molecular weight is 287 g/mol. The van der Waals surface area contributed by atoms with Gasteiger partial charge in [0.15, 0.2) is 0 Å². The molecule has 5 nitrogen and oxygen atoms in total. The van der Waals surface area contributed by atoms with E-state index in [0.717, 1.165) is 6.42 Å². The van der Waals surface area contributed by atoms with Crippen molar-refractivity contribution >= 4 is 20.4 Å². The van der Waals surface area contributed by atoms with Crippen LogP contribution in [-0.2, 0) is 14.0 Å². The second kappa shape index (κ2) is 5.52. The topological polar surface area (TPSA) is 55.8 Å². The Bertz CT molecular complexity index is 362. The quantitative estimate of drug-likeness (QED) is 0.579. The van der Waals surface area contributed by atoms with Crippen molar-refractivity contribution in [3.8, 4) is 0 Å². The van der Waals surface area contributed by atoms with Gasteiger partial charge in [-0.2, -0.15) is 0 Å². The van der Waals surface area contributed by atoms with Crippen LogP contribution in [-0.4, -0.2) is 45.0 Å². The Balaban J connectivity index is 2.76. The van der Waals surface area contributed by atoms with E-state index >= 15 is 0 Å². The Morgan fingerprint density at radius 3 is 2.32 bits per heavy atom. The van der Waals surface area contributed by atoms with Crippen LogP contribution in [0.5, 0.6) is 0 Å². The van der Waals surface area contributed by atoms with E-state index in [1.807, 2.05) is 13.1 Å². The Hall–Kier alpha value is -1.04. The zero-order chi connectivity index (χ0) is 14.8. The molecule has 1 amide bonds. The number of carbonyl (C=O) groups excluding carboxylic acids is 2. The van der Waals surface area contributed by atoms with Gasteiger partial charge in [-0.3, -0.25) is 4.90 Å². The lowest BCUT2D eigenvalue weighted by Crippen LogP contribution is -2.49. The smallest absolute Gasteiger partial charge is 0.396 e. The molecule has 1 aliphatic heterocycles. The Morgan fingerprint density at radius 2 is 1.84 bits per heavy atom. The summed E-state index contributed by atoms with van der Waals surface area (Å²) in [7, 11) is -0.808. The van der Waals surface area contributed by atoms with E-state index in [0.29, 0.717) is 13.0 Å². The van der Waals surface area contributed by atoms with Gasteiger partial charge >= 0.3 is 12.1 Å². The largest absolute Gasteiger partial charge is 0.503 e. The molecule has 1 fully saturated rings. The predicted molar refractivity (Wildman–Crippen MR) is 75.4 cm³/mol. The summed E-state index contributed by atoms with van der Waals surface area (Å²) in [6, 6.07) is -0.484. The number of hydrogen-bond donors (Lipinski definition) is 0. The maximum atomic E-state index is 12.3. The molecule has 0 aromatic carbocycles. The summed E-state index contributed by atoms with van der Waals surface area (Å²) in [5.74, 6) is -0.357. The Labute approximate surface area is 116 Å². The SMILES string of the molecule is COC(=O)C1CCCN1C(=O)O[Si](C)(C)C(C)(C)C. The molecule has 0 aliphatic carbocycles. The van der Waals surface area contributed by atoms with Gasteiger partial charge in [-0.1, -0.05) is 20.8 Å². The van der Waals surface area contributed by atoms with Gasteiger partial charge in [-0.25, -0.2) is 9.59 Å². The van der Waals surface area contributed by atoms with E-state index in [2.05, 4.69) is 20.8 Å². The molecule has 1 aliphatic rings. The Kier molecular flexibility index (Phi) is 4.66. The van der Waals surface area contributed by atoms with Crippen molar-refractivity contribution in [1.82, 2.24) is 4.90 Å². The van der Waals surface area contributed by atoms with Gasteiger partial charge in [-0.15, -0.1) is 0 Å². The van der Waals surface area contributed by atoms with Gasteiger partial charge in [0.1, 0.15) is 6.04 Å². The van der Waals surface area contributed by atoms with Crippen LogP contribution in [0.4, 0.5) is 4.79 Å². The summed E-state index contributed by atoms with van der Waals surface area (Å²) in [6.07, 6.45) is 1.09. The molecule has 6 heteroatoms. The van der Waals surface area contributed by atoms with E-state index in [-0.39, 0.29) is 17.1 Å². The minimum absolute atomic E-state index is 0.0385. The van der Waals surface area contributed by atoms with Gasteiger partial charge in [0.05, 0.1) is 7.11 Å². The first kappa shape index (κ1) is 16.0. The van der Waals surface area contributed by atoms with Crippen molar-refractivity contribution in [1.29, 1.82) is 0 Å². The summed E-state index contributed by atoms with van der Waals surface area (Å²) in [6.45, 7) is 10.8. The van der Waals surface area contributed by atoms with Gasteiger partial charge in [0, 0.05) is 6.54 Å². The number of ether oxygens (including phenoxy) is 1. The number of amides is 1. The lowest BCUT2D eigenvalue weighted by atomic mass is 10.2. The van der Waals surface area contributed by atoms with Crippen molar-refractivity contribution < 1.29 is 18.8 Å². The molecule has 0 spiro atoms. The van der Waals surface area contributed by atoms with Gasteiger partial charge < -0.3 is 9.16 Å². The number of hydrogen-bond acceptors (Lipinski definition) is 4. The zero-order valence-electron chi connectivity index (χ0n) is 12.8. The molecular weight excluding hydrogens is 262 g/mol. The molecule has 1 rings (SSSR count). The first-order valence-corrected chi connectivity index (χ1v) is 9.58. The van der Waals surface area contributed by atoms with E-state index in [1.165, 1.54) is 12.0 Å². The van der Waals surface area contributed by atoms with E-state index in [9.17, 15) is 9.59 Å². The van der Waals surface area contributed by atoms with Crippen LogP contribution >= 0.6 is 0 Å². The molecule has 0 radical (unpaired) electrons. The summed E-state index contributed by atoms with van der Waals surface area (Å²) >= 11 is 0. The monoisotopic (exact) mass is 287 g/mol. The highest BCUT2D eigenvalue weighted by Gasteiger charge is 2.44. The maximum Gasteiger partial charge on any atom is 0.396 e. The number of carbonyl (C=O) groups is 2. The van der Waals surface area contributed by atoms with Crippen molar-refractivity contribution in [3.05, 3.63) is 0 Å². The number of rotatable bonds is 2. The lowest BCUT2D eigenvalue weighted by molar-refractivity contribution is -0.145. The third-order valence-electron chi connectivity index (χ3n) is 4.11. The lowest BCUT2D eigenvalue weighted by Gasteiger charge is -2.37. The Morgan fingerprint density at radius 1 is 1.26 bits per heavy atom. The summed E-state index contributed by atoms with van der Waals surface area (Å²) in [5.41, 5.74) is 0. The average Bonchev–Trinajstić information content (AvgIpc) is 2.74. The fourth-order valence-electron chi connectivity index (χ4n) is 1.80. The molecule has 0 bridgehead atoms. The standard InChI is InChI=1S/C13H25NO4Si/c1-13(2,3)19(5,6)18-12(16)14-9-7-8-10(14)11(15)17-4/h10H,7-9H2,1-6H3. The second-order valence-corrected chi connectivity index (χ2v) is 11.2. The fraction of sp³-hybridized carbons (Fsp3) is 0.846. The molecule has 1 unspecified atom stereocenters. The number of esters is 1. The first-order valence-electron chi connectivity index (χ1n) is 6.67. The molecule has 1 saturated heterocycles.